The molecule has 0 radical (unpaired) electrons. The standard InChI is InChI=1S/C32H36N6O3/c1-4-9-24-13-5-6-15-37(24)31(39)23-12-7-10-21(16-23)22-11-8-14-25(17-22)38-30(28(19-33-38)32(40)41-3)27-18-26(27)29-20-36(2)35-34-29/h7-8,10-12,14,16-17,19-20,24,26-27H,4-6,9,13,15,18H2,1-3H3/t24-,26-,27-/m1/s1. The van der Waals surface area contributed by atoms with Gasteiger partial charge >= 0.3 is 5.97 Å². The number of hydrogen-bond acceptors (Lipinski definition) is 6. The summed E-state index contributed by atoms with van der Waals surface area (Å²) in [5.41, 5.74) is 5.69. The number of rotatable bonds is 8. The van der Waals surface area contributed by atoms with E-state index >= 15 is 0 Å². The first-order valence-corrected chi connectivity index (χ1v) is 14.5. The molecule has 3 heterocycles. The van der Waals surface area contributed by atoms with Gasteiger partial charge < -0.3 is 9.64 Å². The molecule has 1 amide bonds. The van der Waals surface area contributed by atoms with Crippen LogP contribution in [-0.4, -0.2) is 61.2 Å². The maximum atomic E-state index is 13.6. The van der Waals surface area contributed by atoms with Crippen LogP contribution in [0.1, 0.15) is 89.4 Å². The first-order chi connectivity index (χ1) is 20.0. The number of aryl methyl sites for hydroxylation is 1. The van der Waals surface area contributed by atoms with Crippen molar-refractivity contribution in [1.82, 2.24) is 29.7 Å². The van der Waals surface area contributed by atoms with Gasteiger partial charge in [-0.25, -0.2) is 9.48 Å². The summed E-state index contributed by atoms with van der Waals surface area (Å²) in [5.74, 6) is -0.0483. The predicted octanol–water partition coefficient (Wildman–Crippen LogP) is 5.52. The van der Waals surface area contributed by atoms with E-state index in [1.807, 2.05) is 60.4 Å². The molecule has 1 aliphatic carbocycles. The van der Waals surface area contributed by atoms with Crippen molar-refractivity contribution in [3.8, 4) is 16.8 Å². The zero-order chi connectivity index (χ0) is 28.5. The second kappa shape index (κ2) is 11.3. The minimum atomic E-state index is -0.405. The lowest BCUT2D eigenvalue weighted by Gasteiger charge is -2.36. The lowest BCUT2D eigenvalue weighted by Crippen LogP contribution is -2.43. The summed E-state index contributed by atoms with van der Waals surface area (Å²) < 4.78 is 8.63. The molecule has 41 heavy (non-hydrogen) atoms. The summed E-state index contributed by atoms with van der Waals surface area (Å²) in [4.78, 5) is 28.4. The normalized spacial score (nSPS) is 20.2. The Morgan fingerprint density at radius 1 is 1.05 bits per heavy atom. The number of methoxy groups -OCH3 is 1. The zero-order valence-electron chi connectivity index (χ0n) is 23.9. The van der Waals surface area contributed by atoms with Crippen LogP contribution in [0, 0.1) is 0 Å². The molecule has 0 N–H and O–H groups in total. The second-order valence-corrected chi connectivity index (χ2v) is 11.2. The van der Waals surface area contributed by atoms with Crippen molar-refractivity contribution in [3.63, 3.8) is 0 Å². The lowest BCUT2D eigenvalue weighted by atomic mass is 9.96. The number of ether oxygens (including phenoxy) is 1. The molecule has 0 spiro atoms. The van der Waals surface area contributed by atoms with E-state index < -0.39 is 5.97 Å². The Labute approximate surface area is 240 Å². The van der Waals surface area contributed by atoms with Gasteiger partial charge in [0.05, 0.1) is 30.4 Å². The fourth-order valence-electron chi connectivity index (χ4n) is 6.26. The molecule has 4 aromatic rings. The average molecular weight is 553 g/mol. The summed E-state index contributed by atoms with van der Waals surface area (Å²) in [6.45, 7) is 3.01. The van der Waals surface area contributed by atoms with Crippen molar-refractivity contribution >= 4 is 11.9 Å². The van der Waals surface area contributed by atoms with Crippen molar-refractivity contribution in [2.45, 2.75) is 63.3 Å². The molecule has 3 atom stereocenters. The first-order valence-electron chi connectivity index (χ1n) is 14.5. The molecule has 6 rings (SSSR count). The van der Waals surface area contributed by atoms with E-state index in [9.17, 15) is 9.59 Å². The molecule has 2 fully saturated rings. The van der Waals surface area contributed by atoms with Crippen molar-refractivity contribution in [2.24, 2.45) is 7.05 Å². The smallest absolute Gasteiger partial charge is 0.341 e. The van der Waals surface area contributed by atoms with E-state index in [1.165, 1.54) is 13.5 Å². The Morgan fingerprint density at radius 2 is 1.85 bits per heavy atom. The Balaban J connectivity index is 1.31. The minimum absolute atomic E-state index is 0.0773. The largest absolute Gasteiger partial charge is 0.465 e. The fourth-order valence-corrected chi connectivity index (χ4v) is 6.26. The highest BCUT2D eigenvalue weighted by Crippen LogP contribution is 2.55. The monoisotopic (exact) mass is 552 g/mol. The molecule has 2 aromatic carbocycles. The fraction of sp³-hybridized carbons (Fsp3) is 0.406. The van der Waals surface area contributed by atoms with E-state index in [-0.39, 0.29) is 17.7 Å². The Kier molecular flexibility index (Phi) is 7.43. The van der Waals surface area contributed by atoms with Gasteiger partial charge in [-0.05, 0) is 67.5 Å². The molecule has 1 aliphatic heterocycles. The number of aromatic nitrogens is 5. The van der Waals surface area contributed by atoms with Crippen LogP contribution in [0.25, 0.3) is 16.8 Å². The lowest BCUT2D eigenvalue weighted by molar-refractivity contribution is 0.0592. The van der Waals surface area contributed by atoms with Crippen LogP contribution in [0.15, 0.2) is 60.9 Å². The van der Waals surface area contributed by atoms with Gasteiger partial charge in [0.25, 0.3) is 5.91 Å². The third-order valence-corrected chi connectivity index (χ3v) is 8.40. The van der Waals surface area contributed by atoms with Gasteiger partial charge in [-0.1, -0.05) is 42.8 Å². The average Bonchev–Trinajstić information content (AvgIpc) is 3.46. The maximum Gasteiger partial charge on any atom is 0.341 e. The second-order valence-electron chi connectivity index (χ2n) is 11.2. The summed E-state index contributed by atoms with van der Waals surface area (Å²) in [6, 6.07) is 16.3. The number of carbonyl (C=O) groups is 2. The van der Waals surface area contributed by atoms with Crippen LogP contribution in [0.5, 0.6) is 0 Å². The van der Waals surface area contributed by atoms with E-state index in [0.29, 0.717) is 17.2 Å². The maximum absolute atomic E-state index is 13.6. The zero-order valence-corrected chi connectivity index (χ0v) is 23.9. The van der Waals surface area contributed by atoms with Gasteiger partial charge in [0.15, 0.2) is 0 Å². The highest BCUT2D eigenvalue weighted by molar-refractivity contribution is 5.96. The van der Waals surface area contributed by atoms with E-state index in [4.69, 9.17) is 4.74 Å². The Bertz CT molecular complexity index is 1570. The van der Waals surface area contributed by atoms with E-state index in [1.54, 1.807) is 10.9 Å². The third kappa shape index (κ3) is 5.28. The Hall–Kier alpha value is -4.27. The first kappa shape index (κ1) is 26.9. The van der Waals surface area contributed by atoms with Crippen LogP contribution in [-0.2, 0) is 11.8 Å². The predicted molar refractivity (Wildman–Crippen MR) is 155 cm³/mol. The van der Waals surface area contributed by atoms with Crippen LogP contribution < -0.4 is 0 Å². The van der Waals surface area contributed by atoms with Crippen LogP contribution >= 0.6 is 0 Å². The molecule has 9 heteroatoms. The molecule has 2 aromatic heterocycles. The number of amides is 1. The minimum Gasteiger partial charge on any atom is -0.465 e. The number of benzene rings is 2. The summed E-state index contributed by atoms with van der Waals surface area (Å²) in [6.07, 6.45) is 9.83. The van der Waals surface area contributed by atoms with Gasteiger partial charge in [0.2, 0.25) is 0 Å². The van der Waals surface area contributed by atoms with Crippen molar-refractivity contribution in [1.29, 1.82) is 0 Å². The van der Waals surface area contributed by atoms with Crippen molar-refractivity contribution in [2.75, 3.05) is 13.7 Å². The SMILES string of the molecule is CCC[C@@H]1CCCCN1C(=O)c1cccc(-c2cccc(-n3ncc(C(=O)OC)c3[C@@H]3C[C@H]3c3cn(C)nn3)c2)c1. The van der Waals surface area contributed by atoms with Crippen LogP contribution in [0.3, 0.4) is 0 Å². The molecule has 9 nitrogen and oxygen atoms in total. The molecule has 2 aliphatic rings. The summed E-state index contributed by atoms with van der Waals surface area (Å²) in [7, 11) is 3.24. The quantitative estimate of drug-likeness (QED) is 0.267. The summed E-state index contributed by atoms with van der Waals surface area (Å²) >= 11 is 0. The van der Waals surface area contributed by atoms with Crippen molar-refractivity contribution in [3.05, 3.63) is 83.4 Å². The number of piperidine rings is 1. The molecule has 0 bridgehead atoms. The third-order valence-electron chi connectivity index (χ3n) is 8.40. The molecular formula is C32H36N6O3. The van der Waals surface area contributed by atoms with Gasteiger partial charge in [-0.3, -0.25) is 9.48 Å². The number of likely N-dealkylation sites (tertiary alicyclic amines) is 1. The number of carbonyl (C=O) groups excluding carboxylic acids is 2. The van der Waals surface area contributed by atoms with Crippen LogP contribution in [0.2, 0.25) is 0 Å². The van der Waals surface area contributed by atoms with Gasteiger partial charge in [-0.15, -0.1) is 5.10 Å². The van der Waals surface area contributed by atoms with Crippen LogP contribution in [0.4, 0.5) is 0 Å². The molecular weight excluding hydrogens is 516 g/mol. The topological polar surface area (TPSA) is 95.1 Å². The highest BCUT2D eigenvalue weighted by atomic mass is 16.5. The van der Waals surface area contributed by atoms with Crippen molar-refractivity contribution < 1.29 is 14.3 Å². The molecule has 0 unspecified atom stereocenters. The van der Waals surface area contributed by atoms with E-state index in [0.717, 1.165) is 66.9 Å². The van der Waals surface area contributed by atoms with Gasteiger partial charge in [0, 0.05) is 43.2 Å². The molecule has 212 valence electrons. The number of esters is 1. The molecule has 1 saturated carbocycles. The van der Waals surface area contributed by atoms with Gasteiger partial charge in [0.1, 0.15) is 5.56 Å². The number of hydrogen-bond donors (Lipinski definition) is 0. The molecule has 1 saturated heterocycles. The van der Waals surface area contributed by atoms with Gasteiger partial charge in [-0.2, -0.15) is 5.10 Å². The summed E-state index contributed by atoms with van der Waals surface area (Å²) in [5, 5.41) is 13.0. The van der Waals surface area contributed by atoms with E-state index in [2.05, 4.69) is 33.3 Å². The highest BCUT2D eigenvalue weighted by Gasteiger charge is 2.46. The number of nitrogens with zero attached hydrogens (tertiary/aromatic N) is 6. The Morgan fingerprint density at radius 3 is 2.61 bits per heavy atom.